The molecule has 1 rings (SSSR count). The molecule has 0 aliphatic carbocycles. The van der Waals surface area contributed by atoms with E-state index >= 15 is 0 Å². The third-order valence-corrected chi connectivity index (χ3v) is 2.49. The van der Waals surface area contributed by atoms with Crippen LogP contribution in [0.1, 0.15) is 49.0 Å². The summed E-state index contributed by atoms with van der Waals surface area (Å²) in [5.41, 5.74) is 1.81. The zero-order valence-corrected chi connectivity index (χ0v) is 10.2. The van der Waals surface area contributed by atoms with Gasteiger partial charge in [-0.3, -0.25) is 0 Å². The fourth-order valence-corrected chi connectivity index (χ4v) is 1.59. The molecule has 0 unspecified atom stereocenters. The molecular formula is C14H20O2. The van der Waals surface area contributed by atoms with E-state index in [1.807, 2.05) is 24.3 Å². The summed E-state index contributed by atoms with van der Waals surface area (Å²) in [5.74, 6) is -0.183. The number of benzene rings is 1. The van der Waals surface area contributed by atoms with Crippen molar-refractivity contribution < 1.29 is 9.53 Å². The number of unbranched alkanes of at least 4 members (excludes halogenated alkanes) is 1. The Kier molecular flexibility index (Phi) is 5.62. The molecule has 0 aliphatic heterocycles. The van der Waals surface area contributed by atoms with Crippen LogP contribution in [0.4, 0.5) is 0 Å². The molecule has 0 atom stereocenters. The Morgan fingerprint density at radius 2 is 1.94 bits per heavy atom. The van der Waals surface area contributed by atoms with Crippen LogP contribution in [0, 0.1) is 0 Å². The highest BCUT2D eigenvalue weighted by atomic mass is 16.5. The van der Waals surface area contributed by atoms with E-state index < -0.39 is 0 Å². The molecule has 0 amide bonds. The van der Waals surface area contributed by atoms with Crippen LogP contribution in [-0.2, 0) is 11.2 Å². The molecule has 16 heavy (non-hydrogen) atoms. The van der Waals surface area contributed by atoms with Gasteiger partial charge in [0.1, 0.15) is 0 Å². The molecule has 0 bridgehead atoms. The Hall–Kier alpha value is -1.31. The number of esters is 1. The predicted octanol–water partition coefficient (Wildman–Crippen LogP) is 3.60. The lowest BCUT2D eigenvalue weighted by molar-refractivity contribution is 0.0498. The highest BCUT2D eigenvalue weighted by molar-refractivity contribution is 5.91. The number of aryl methyl sites for hydroxylation is 1. The SMILES string of the molecule is CCCCOC(=O)c1ccccc1CCC. The van der Waals surface area contributed by atoms with E-state index in [1.54, 1.807) is 0 Å². The number of rotatable bonds is 6. The van der Waals surface area contributed by atoms with Crippen molar-refractivity contribution in [3.63, 3.8) is 0 Å². The van der Waals surface area contributed by atoms with Crippen LogP contribution in [0.15, 0.2) is 24.3 Å². The molecule has 1 aromatic carbocycles. The first-order valence-corrected chi connectivity index (χ1v) is 6.04. The molecule has 2 heteroatoms. The van der Waals surface area contributed by atoms with Crippen LogP contribution < -0.4 is 0 Å². The highest BCUT2D eigenvalue weighted by Gasteiger charge is 2.10. The molecule has 0 heterocycles. The van der Waals surface area contributed by atoms with Crippen LogP contribution in [0.25, 0.3) is 0 Å². The smallest absolute Gasteiger partial charge is 0.338 e. The van der Waals surface area contributed by atoms with E-state index in [2.05, 4.69) is 13.8 Å². The van der Waals surface area contributed by atoms with E-state index in [4.69, 9.17) is 4.74 Å². The van der Waals surface area contributed by atoms with Crippen molar-refractivity contribution in [3.05, 3.63) is 35.4 Å². The summed E-state index contributed by atoms with van der Waals surface area (Å²) >= 11 is 0. The van der Waals surface area contributed by atoms with Crippen molar-refractivity contribution in [2.75, 3.05) is 6.61 Å². The molecule has 0 saturated carbocycles. The molecule has 1 aromatic rings. The van der Waals surface area contributed by atoms with Crippen molar-refractivity contribution in [1.82, 2.24) is 0 Å². The lowest BCUT2D eigenvalue weighted by Gasteiger charge is -2.08. The predicted molar refractivity (Wildman–Crippen MR) is 65.6 cm³/mol. The van der Waals surface area contributed by atoms with Gasteiger partial charge in [0.25, 0.3) is 0 Å². The van der Waals surface area contributed by atoms with Crippen LogP contribution in [0.5, 0.6) is 0 Å². The van der Waals surface area contributed by atoms with Crippen molar-refractivity contribution in [3.8, 4) is 0 Å². The second kappa shape index (κ2) is 7.04. The summed E-state index contributed by atoms with van der Waals surface area (Å²) < 4.78 is 5.22. The van der Waals surface area contributed by atoms with E-state index in [-0.39, 0.29) is 5.97 Å². The Labute approximate surface area is 97.6 Å². The minimum atomic E-state index is -0.183. The molecule has 0 saturated heterocycles. The van der Waals surface area contributed by atoms with Crippen molar-refractivity contribution >= 4 is 5.97 Å². The van der Waals surface area contributed by atoms with E-state index in [9.17, 15) is 4.79 Å². The van der Waals surface area contributed by atoms with Gasteiger partial charge in [-0.25, -0.2) is 4.79 Å². The Bertz CT molecular complexity index is 331. The van der Waals surface area contributed by atoms with Crippen LogP contribution in [0.2, 0.25) is 0 Å². The van der Waals surface area contributed by atoms with E-state index in [1.165, 1.54) is 0 Å². The van der Waals surface area contributed by atoms with Gasteiger partial charge in [0.05, 0.1) is 12.2 Å². The monoisotopic (exact) mass is 220 g/mol. The second-order valence-electron chi connectivity index (χ2n) is 3.90. The first kappa shape index (κ1) is 12.8. The molecule has 0 radical (unpaired) electrons. The largest absolute Gasteiger partial charge is 0.462 e. The maximum Gasteiger partial charge on any atom is 0.338 e. The average molecular weight is 220 g/mol. The molecule has 0 N–H and O–H groups in total. The molecule has 0 aromatic heterocycles. The average Bonchev–Trinajstić information content (AvgIpc) is 2.30. The van der Waals surface area contributed by atoms with Crippen molar-refractivity contribution in [2.24, 2.45) is 0 Å². The summed E-state index contributed by atoms with van der Waals surface area (Å²) in [7, 11) is 0. The van der Waals surface area contributed by atoms with Crippen LogP contribution >= 0.6 is 0 Å². The molecule has 2 nitrogen and oxygen atoms in total. The first-order chi connectivity index (χ1) is 7.79. The van der Waals surface area contributed by atoms with Gasteiger partial charge >= 0.3 is 5.97 Å². The van der Waals surface area contributed by atoms with Crippen LogP contribution in [0.3, 0.4) is 0 Å². The van der Waals surface area contributed by atoms with Gasteiger partial charge in [0.2, 0.25) is 0 Å². The van der Waals surface area contributed by atoms with Crippen molar-refractivity contribution in [1.29, 1.82) is 0 Å². The lowest BCUT2D eigenvalue weighted by Crippen LogP contribution is -2.09. The number of ether oxygens (including phenoxy) is 1. The normalized spacial score (nSPS) is 10.1. The molecule has 0 spiro atoms. The maximum absolute atomic E-state index is 11.8. The fraction of sp³-hybridized carbons (Fsp3) is 0.500. The Morgan fingerprint density at radius 1 is 1.19 bits per heavy atom. The topological polar surface area (TPSA) is 26.3 Å². The van der Waals surface area contributed by atoms with Gasteiger partial charge in [-0.15, -0.1) is 0 Å². The minimum Gasteiger partial charge on any atom is -0.462 e. The molecule has 0 aliphatic rings. The zero-order valence-electron chi connectivity index (χ0n) is 10.2. The van der Waals surface area contributed by atoms with Crippen molar-refractivity contribution in [2.45, 2.75) is 39.5 Å². The second-order valence-corrected chi connectivity index (χ2v) is 3.90. The standard InChI is InChI=1S/C14H20O2/c1-3-5-11-16-14(15)13-10-7-6-9-12(13)8-4-2/h6-7,9-10H,3-5,8,11H2,1-2H3. The number of carbonyl (C=O) groups excluding carboxylic acids is 1. The zero-order chi connectivity index (χ0) is 11.8. The first-order valence-electron chi connectivity index (χ1n) is 6.04. The van der Waals surface area contributed by atoms with Gasteiger partial charge in [-0.1, -0.05) is 44.9 Å². The summed E-state index contributed by atoms with van der Waals surface area (Å²) in [6.07, 6.45) is 3.95. The number of hydrogen-bond donors (Lipinski definition) is 0. The van der Waals surface area contributed by atoms with Gasteiger partial charge in [-0.05, 0) is 24.5 Å². The summed E-state index contributed by atoms with van der Waals surface area (Å²) in [6.45, 7) is 4.72. The lowest BCUT2D eigenvalue weighted by atomic mass is 10.0. The molecule has 88 valence electrons. The summed E-state index contributed by atoms with van der Waals surface area (Å²) in [5, 5.41) is 0. The molecule has 0 fully saturated rings. The Balaban J connectivity index is 2.66. The summed E-state index contributed by atoms with van der Waals surface area (Å²) in [6, 6.07) is 7.70. The molecular weight excluding hydrogens is 200 g/mol. The number of carbonyl (C=O) groups is 1. The third kappa shape index (κ3) is 3.69. The maximum atomic E-state index is 11.8. The minimum absolute atomic E-state index is 0.183. The quantitative estimate of drug-likeness (QED) is 0.541. The van der Waals surface area contributed by atoms with Crippen LogP contribution in [-0.4, -0.2) is 12.6 Å². The third-order valence-electron chi connectivity index (χ3n) is 2.49. The van der Waals surface area contributed by atoms with Gasteiger partial charge in [0.15, 0.2) is 0 Å². The number of hydrogen-bond acceptors (Lipinski definition) is 2. The van der Waals surface area contributed by atoms with E-state index in [0.29, 0.717) is 6.61 Å². The fourth-order valence-electron chi connectivity index (χ4n) is 1.59. The van der Waals surface area contributed by atoms with Gasteiger partial charge < -0.3 is 4.74 Å². The summed E-state index contributed by atoms with van der Waals surface area (Å²) in [4.78, 5) is 11.8. The van der Waals surface area contributed by atoms with Gasteiger partial charge in [0, 0.05) is 0 Å². The highest BCUT2D eigenvalue weighted by Crippen LogP contribution is 2.12. The van der Waals surface area contributed by atoms with Gasteiger partial charge in [-0.2, -0.15) is 0 Å². The van der Waals surface area contributed by atoms with E-state index in [0.717, 1.165) is 36.8 Å². The Morgan fingerprint density at radius 3 is 2.62 bits per heavy atom.